The number of hydrogen-bond acceptors (Lipinski definition) is 12. The van der Waals surface area contributed by atoms with Gasteiger partial charge in [0.2, 0.25) is 29.6 Å². The van der Waals surface area contributed by atoms with Crippen LogP contribution in [0.25, 0.3) is 11.2 Å². The maximum Gasteiger partial charge on any atom is 0.270 e. The second-order valence-electron chi connectivity index (χ2n) is 15.5. The highest BCUT2D eigenvalue weighted by molar-refractivity contribution is 6.26. The number of piperazine rings is 1. The quantitative estimate of drug-likeness (QED) is 0.129. The Hall–Kier alpha value is -6.52. The van der Waals surface area contributed by atoms with Crippen LogP contribution in [0, 0.1) is 0 Å². The SMILES string of the molecule is O=C1CCC(N2C(=O)c3cccc(NC(=O)CCCCCCC(=O)N4CCN(c5ccc(Nc6ncc7ncc(=O)n(C8CCCC8)c7n6)cc5)CC4)c3C2=O)C(=O)N1. The van der Waals surface area contributed by atoms with Crippen LogP contribution in [-0.2, 0) is 19.2 Å². The van der Waals surface area contributed by atoms with E-state index in [0.717, 1.165) is 54.8 Å². The zero-order chi connectivity index (χ0) is 41.0. The molecule has 3 aliphatic heterocycles. The van der Waals surface area contributed by atoms with Gasteiger partial charge in [-0.1, -0.05) is 31.7 Å². The van der Waals surface area contributed by atoms with Crippen molar-refractivity contribution in [2.24, 2.45) is 0 Å². The highest BCUT2D eigenvalue weighted by Gasteiger charge is 2.45. The van der Waals surface area contributed by atoms with E-state index in [9.17, 15) is 33.6 Å². The standard InChI is InChI=1S/C42H46N10O7/c53-33(46-30-11-7-10-29-37(30)41(59)52(40(29)58)32-18-19-34(54)47-39(32)57)12-3-1-2-4-13-35(55)50-22-20-49(21-23-50)27-16-14-26(15-17-27)45-42-44-24-31-38(48-42)51(36(56)25-43-31)28-8-5-6-9-28/h7,10-11,14-17,24-25,28,32H,1-6,8-9,12-13,18-23H2,(H,46,53)(H,44,45,48)(H,47,54,57). The van der Waals surface area contributed by atoms with Gasteiger partial charge in [0, 0.05) is 62.9 Å². The number of aromatic nitrogens is 4. The Bertz CT molecular complexity index is 2370. The van der Waals surface area contributed by atoms with Crippen molar-refractivity contribution >= 4 is 69.6 Å². The zero-order valence-corrected chi connectivity index (χ0v) is 32.7. The zero-order valence-electron chi connectivity index (χ0n) is 32.7. The fourth-order valence-corrected chi connectivity index (χ4v) is 8.51. The van der Waals surface area contributed by atoms with E-state index in [-0.39, 0.29) is 59.5 Å². The van der Waals surface area contributed by atoms with Gasteiger partial charge in [0.25, 0.3) is 17.4 Å². The molecule has 0 radical (unpaired) electrons. The Kier molecular flexibility index (Phi) is 11.4. The summed E-state index contributed by atoms with van der Waals surface area (Å²) in [5.41, 5.74) is 3.21. The molecule has 5 heterocycles. The van der Waals surface area contributed by atoms with Gasteiger partial charge in [-0.3, -0.25) is 48.3 Å². The number of fused-ring (bicyclic) bond motifs is 2. The van der Waals surface area contributed by atoms with Crippen LogP contribution in [0.3, 0.4) is 0 Å². The number of hydrogen-bond donors (Lipinski definition) is 3. The van der Waals surface area contributed by atoms with Crippen molar-refractivity contribution < 1.29 is 28.8 Å². The molecule has 2 saturated heterocycles. The summed E-state index contributed by atoms with van der Waals surface area (Å²) in [6, 6.07) is 11.6. The molecule has 2 aromatic heterocycles. The summed E-state index contributed by atoms with van der Waals surface area (Å²) in [6.07, 6.45) is 10.6. The molecule has 1 atom stereocenters. The van der Waals surface area contributed by atoms with Crippen LogP contribution in [0.15, 0.2) is 59.7 Å². The van der Waals surface area contributed by atoms with Crippen LogP contribution in [-0.4, -0.2) is 97.0 Å². The Morgan fingerprint density at radius 3 is 2.29 bits per heavy atom. The summed E-state index contributed by atoms with van der Waals surface area (Å²) >= 11 is 0. The van der Waals surface area contributed by atoms with Crippen LogP contribution in [0.2, 0.25) is 0 Å². The number of amides is 6. The molecule has 2 aromatic carbocycles. The Balaban J connectivity index is 0.744. The van der Waals surface area contributed by atoms with Gasteiger partial charge in [-0.15, -0.1) is 0 Å². The molecule has 17 heteroatoms. The number of carbonyl (C=O) groups is 6. The number of rotatable bonds is 13. The molecule has 4 aliphatic rings. The van der Waals surface area contributed by atoms with Gasteiger partial charge >= 0.3 is 0 Å². The average molecular weight is 803 g/mol. The fourth-order valence-electron chi connectivity index (χ4n) is 8.51. The summed E-state index contributed by atoms with van der Waals surface area (Å²) in [6.45, 7) is 2.69. The molecule has 17 nitrogen and oxygen atoms in total. The van der Waals surface area contributed by atoms with Crippen molar-refractivity contribution in [3.63, 3.8) is 0 Å². The number of benzene rings is 2. The number of unbranched alkanes of at least 4 members (excludes halogenated alkanes) is 3. The summed E-state index contributed by atoms with van der Waals surface area (Å²) in [5.74, 6) is -2.24. The average Bonchev–Trinajstić information content (AvgIpc) is 3.86. The number of nitrogens with zero attached hydrogens (tertiary/aromatic N) is 7. The first-order valence-electron chi connectivity index (χ1n) is 20.4. The van der Waals surface area contributed by atoms with Gasteiger partial charge in [-0.2, -0.15) is 4.98 Å². The van der Waals surface area contributed by atoms with E-state index in [1.54, 1.807) is 22.9 Å². The normalized spacial score (nSPS) is 18.4. The van der Waals surface area contributed by atoms with E-state index >= 15 is 0 Å². The van der Waals surface area contributed by atoms with Crippen LogP contribution in [0.1, 0.15) is 104 Å². The third-order valence-electron chi connectivity index (χ3n) is 11.6. The van der Waals surface area contributed by atoms with Gasteiger partial charge in [0.15, 0.2) is 5.65 Å². The summed E-state index contributed by atoms with van der Waals surface area (Å²) in [7, 11) is 0. The van der Waals surface area contributed by atoms with Gasteiger partial charge in [0.05, 0.1) is 29.2 Å². The Labute approximate surface area is 339 Å². The first kappa shape index (κ1) is 39.3. The first-order valence-corrected chi connectivity index (χ1v) is 20.4. The number of nitrogens with one attached hydrogen (secondary N) is 3. The lowest BCUT2D eigenvalue weighted by Crippen LogP contribution is -2.54. The van der Waals surface area contributed by atoms with Gasteiger partial charge < -0.3 is 20.4 Å². The Morgan fingerprint density at radius 1 is 0.797 bits per heavy atom. The maximum absolute atomic E-state index is 13.3. The molecule has 3 fully saturated rings. The van der Waals surface area contributed by atoms with E-state index in [4.69, 9.17) is 0 Å². The van der Waals surface area contributed by atoms with Crippen LogP contribution in [0.5, 0.6) is 0 Å². The summed E-state index contributed by atoms with van der Waals surface area (Å²) in [4.78, 5) is 107. The third-order valence-corrected chi connectivity index (χ3v) is 11.6. The van der Waals surface area contributed by atoms with Crippen molar-refractivity contribution in [2.75, 3.05) is 41.7 Å². The highest BCUT2D eigenvalue weighted by Crippen LogP contribution is 2.33. The highest BCUT2D eigenvalue weighted by atomic mass is 16.2. The third kappa shape index (κ3) is 8.40. The molecule has 1 aliphatic carbocycles. The molecule has 0 bridgehead atoms. The minimum Gasteiger partial charge on any atom is -0.368 e. The lowest BCUT2D eigenvalue weighted by molar-refractivity contribution is -0.136. The fraction of sp³-hybridized carbons (Fsp3) is 0.429. The minimum atomic E-state index is -1.09. The molecule has 8 rings (SSSR count). The van der Waals surface area contributed by atoms with Crippen LogP contribution < -0.4 is 26.4 Å². The number of piperidine rings is 1. The summed E-state index contributed by atoms with van der Waals surface area (Å²) < 4.78 is 1.76. The second kappa shape index (κ2) is 17.1. The smallest absolute Gasteiger partial charge is 0.270 e. The van der Waals surface area contributed by atoms with Gasteiger partial charge in [-0.25, -0.2) is 9.97 Å². The van der Waals surface area contributed by atoms with E-state index < -0.39 is 29.7 Å². The lowest BCUT2D eigenvalue weighted by atomic mass is 10.0. The van der Waals surface area contributed by atoms with Gasteiger partial charge in [-0.05, 0) is 68.5 Å². The predicted molar refractivity (Wildman–Crippen MR) is 217 cm³/mol. The minimum absolute atomic E-state index is 0.0201. The van der Waals surface area contributed by atoms with Crippen LogP contribution in [0.4, 0.5) is 23.0 Å². The van der Waals surface area contributed by atoms with Crippen molar-refractivity contribution in [1.82, 2.24) is 34.6 Å². The topological polar surface area (TPSA) is 209 Å². The molecular weight excluding hydrogens is 757 g/mol. The molecule has 6 amide bonds. The first-order chi connectivity index (χ1) is 28.6. The molecule has 306 valence electrons. The van der Waals surface area contributed by atoms with Crippen molar-refractivity contribution in [3.05, 3.63) is 76.3 Å². The van der Waals surface area contributed by atoms with Crippen molar-refractivity contribution in [1.29, 1.82) is 0 Å². The number of anilines is 4. The van der Waals surface area contributed by atoms with Crippen molar-refractivity contribution in [2.45, 2.75) is 89.1 Å². The van der Waals surface area contributed by atoms with Crippen LogP contribution >= 0.6 is 0 Å². The van der Waals surface area contributed by atoms with E-state index in [2.05, 4.69) is 35.8 Å². The second-order valence-corrected chi connectivity index (χ2v) is 15.5. The van der Waals surface area contributed by atoms with Crippen molar-refractivity contribution in [3.8, 4) is 0 Å². The molecule has 3 N–H and O–H groups in total. The molecule has 1 unspecified atom stereocenters. The Morgan fingerprint density at radius 2 is 1.54 bits per heavy atom. The number of imide groups is 2. The maximum atomic E-state index is 13.3. The molecule has 4 aromatic rings. The predicted octanol–water partition coefficient (Wildman–Crippen LogP) is 4.07. The lowest BCUT2D eigenvalue weighted by Gasteiger charge is -2.36. The molecule has 1 saturated carbocycles. The number of carbonyl (C=O) groups excluding carboxylic acids is 6. The van der Waals surface area contributed by atoms with E-state index in [1.807, 2.05) is 29.2 Å². The monoisotopic (exact) mass is 802 g/mol. The largest absolute Gasteiger partial charge is 0.368 e. The molecule has 59 heavy (non-hydrogen) atoms. The van der Waals surface area contributed by atoms with E-state index in [0.29, 0.717) is 62.6 Å². The molecule has 0 spiro atoms. The van der Waals surface area contributed by atoms with E-state index in [1.165, 1.54) is 12.3 Å². The summed E-state index contributed by atoms with van der Waals surface area (Å²) in [5, 5.41) is 8.19. The molecular formula is C42H46N10O7. The van der Waals surface area contributed by atoms with Gasteiger partial charge in [0.1, 0.15) is 11.6 Å².